The molecule has 26 heavy (non-hydrogen) atoms. The zero-order valence-corrected chi connectivity index (χ0v) is 15.7. The number of nitriles is 1. The van der Waals surface area contributed by atoms with Gasteiger partial charge in [-0.25, -0.2) is 4.39 Å². The summed E-state index contributed by atoms with van der Waals surface area (Å²) >= 11 is 0. The van der Waals surface area contributed by atoms with Crippen molar-refractivity contribution in [3.8, 4) is 6.07 Å². The second-order valence-corrected chi connectivity index (χ2v) is 7.67. The van der Waals surface area contributed by atoms with Gasteiger partial charge in [0.25, 0.3) is 0 Å². The Morgan fingerprint density at radius 3 is 2.35 bits per heavy atom. The average molecular weight is 349 g/mol. The molecule has 0 amide bonds. The normalized spacial score (nSPS) is 19.9. The van der Waals surface area contributed by atoms with Crippen molar-refractivity contribution >= 4 is 0 Å². The molecule has 0 atom stereocenters. The molecule has 136 valence electrons. The first kappa shape index (κ1) is 18.6. The van der Waals surface area contributed by atoms with E-state index in [-0.39, 0.29) is 5.82 Å². The lowest BCUT2D eigenvalue weighted by atomic mass is 9.77. The highest BCUT2D eigenvalue weighted by atomic mass is 19.1. The van der Waals surface area contributed by atoms with Gasteiger partial charge >= 0.3 is 0 Å². The molecule has 3 rings (SSSR count). The first-order valence-electron chi connectivity index (χ1n) is 9.97. The first-order valence-corrected chi connectivity index (χ1v) is 9.97. The number of hydrogen-bond acceptors (Lipinski definition) is 1. The van der Waals surface area contributed by atoms with E-state index in [9.17, 15) is 4.39 Å². The first-order chi connectivity index (χ1) is 12.7. The fourth-order valence-corrected chi connectivity index (χ4v) is 4.25. The van der Waals surface area contributed by atoms with Gasteiger partial charge in [-0.2, -0.15) is 5.26 Å². The van der Waals surface area contributed by atoms with Crippen molar-refractivity contribution in [1.29, 1.82) is 5.26 Å². The van der Waals surface area contributed by atoms with Crippen LogP contribution in [0.2, 0.25) is 0 Å². The van der Waals surface area contributed by atoms with Gasteiger partial charge in [0, 0.05) is 0 Å². The molecule has 2 aromatic carbocycles. The lowest BCUT2D eigenvalue weighted by Gasteiger charge is -2.28. The summed E-state index contributed by atoms with van der Waals surface area (Å²) in [6.45, 7) is 2.29. The van der Waals surface area contributed by atoms with Gasteiger partial charge in [0.1, 0.15) is 5.82 Å². The van der Waals surface area contributed by atoms with E-state index in [1.807, 2.05) is 6.07 Å². The van der Waals surface area contributed by atoms with Crippen LogP contribution in [0, 0.1) is 23.1 Å². The van der Waals surface area contributed by atoms with E-state index < -0.39 is 0 Å². The molecule has 0 radical (unpaired) electrons. The molecule has 1 nitrogen and oxygen atoms in total. The molecule has 0 saturated heterocycles. The molecule has 2 heteroatoms. The zero-order valence-electron chi connectivity index (χ0n) is 15.7. The Morgan fingerprint density at radius 2 is 1.73 bits per heavy atom. The monoisotopic (exact) mass is 349 g/mol. The quantitative estimate of drug-likeness (QED) is 0.579. The third kappa shape index (κ3) is 4.73. The summed E-state index contributed by atoms with van der Waals surface area (Å²) in [4.78, 5) is 0. The van der Waals surface area contributed by atoms with E-state index in [2.05, 4.69) is 31.2 Å². The van der Waals surface area contributed by atoms with E-state index in [1.54, 1.807) is 12.1 Å². The van der Waals surface area contributed by atoms with Crippen molar-refractivity contribution < 1.29 is 4.39 Å². The van der Waals surface area contributed by atoms with Crippen LogP contribution in [0.25, 0.3) is 0 Å². The Kier molecular flexibility index (Phi) is 6.45. The number of aryl methyl sites for hydroxylation is 2. The Balaban J connectivity index is 1.54. The number of benzene rings is 2. The fourth-order valence-electron chi connectivity index (χ4n) is 4.25. The molecule has 0 bridgehead atoms. The highest BCUT2D eigenvalue weighted by molar-refractivity contribution is 5.33. The molecule has 1 aliphatic carbocycles. The fraction of sp³-hybridized carbons (Fsp3) is 0.458. The summed E-state index contributed by atoms with van der Waals surface area (Å²) in [5.41, 5.74) is 3.78. The van der Waals surface area contributed by atoms with Crippen LogP contribution in [0.4, 0.5) is 4.39 Å². The SMILES string of the molecule is CCC[C@H]1CC[C@H](c2ccc(CCc3ccc(C#N)cc3F)cc2)CC1. The maximum atomic E-state index is 14.0. The minimum absolute atomic E-state index is 0.274. The molecule has 0 aliphatic heterocycles. The number of rotatable bonds is 6. The molecule has 1 fully saturated rings. The third-order valence-electron chi connectivity index (χ3n) is 5.86. The van der Waals surface area contributed by atoms with Gasteiger partial charge in [-0.1, -0.05) is 50.1 Å². The van der Waals surface area contributed by atoms with Crippen LogP contribution < -0.4 is 0 Å². The Labute approximate surface area is 156 Å². The largest absolute Gasteiger partial charge is 0.207 e. The van der Waals surface area contributed by atoms with Gasteiger partial charge in [-0.05, 0) is 79.2 Å². The van der Waals surface area contributed by atoms with E-state index in [0.29, 0.717) is 23.5 Å². The summed E-state index contributed by atoms with van der Waals surface area (Å²) in [5.74, 6) is 1.38. The van der Waals surface area contributed by atoms with Crippen molar-refractivity contribution in [3.05, 3.63) is 70.5 Å². The van der Waals surface area contributed by atoms with E-state index in [1.165, 1.54) is 55.7 Å². The summed E-state index contributed by atoms with van der Waals surface area (Å²) in [6, 6.07) is 15.7. The second kappa shape index (κ2) is 8.99. The Morgan fingerprint density at radius 1 is 1.00 bits per heavy atom. The van der Waals surface area contributed by atoms with Crippen molar-refractivity contribution in [2.45, 2.75) is 64.2 Å². The van der Waals surface area contributed by atoms with Crippen LogP contribution in [0.15, 0.2) is 42.5 Å². The van der Waals surface area contributed by atoms with Crippen LogP contribution in [0.5, 0.6) is 0 Å². The second-order valence-electron chi connectivity index (χ2n) is 7.67. The highest BCUT2D eigenvalue weighted by Crippen LogP contribution is 2.37. The van der Waals surface area contributed by atoms with Crippen LogP contribution in [0.3, 0.4) is 0 Å². The minimum atomic E-state index is -0.274. The molecule has 1 aliphatic rings. The number of halogens is 1. The smallest absolute Gasteiger partial charge is 0.127 e. The van der Waals surface area contributed by atoms with Gasteiger partial charge in [-0.15, -0.1) is 0 Å². The predicted molar refractivity (Wildman–Crippen MR) is 105 cm³/mol. The Bertz CT molecular complexity index is 749. The number of hydrogen-bond donors (Lipinski definition) is 0. The summed E-state index contributed by atoms with van der Waals surface area (Å²) < 4.78 is 14.0. The van der Waals surface area contributed by atoms with Crippen molar-refractivity contribution in [2.75, 3.05) is 0 Å². The van der Waals surface area contributed by atoms with Gasteiger partial charge < -0.3 is 0 Å². The van der Waals surface area contributed by atoms with Gasteiger partial charge in [0.05, 0.1) is 11.6 Å². The van der Waals surface area contributed by atoms with Gasteiger partial charge in [0.2, 0.25) is 0 Å². The van der Waals surface area contributed by atoms with Gasteiger partial charge in [-0.3, -0.25) is 0 Å². The van der Waals surface area contributed by atoms with Crippen LogP contribution in [-0.2, 0) is 12.8 Å². The lowest BCUT2D eigenvalue weighted by molar-refractivity contribution is 0.308. The standard InChI is InChI=1S/C24H28FN/c1-2-3-18-4-10-21(11-5-18)22-12-6-19(7-13-22)8-14-23-15-9-20(17-26)16-24(23)25/h6-7,9,12-13,15-16,18,21H,2-5,8,10-11,14H2,1H3/t18-,21-. The summed E-state index contributed by atoms with van der Waals surface area (Å²) in [5, 5.41) is 8.82. The molecular formula is C24H28FN. The van der Waals surface area contributed by atoms with Crippen LogP contribution in [-0.4, -0.2) is 0 Å². The molecule has 0 N–H and O–H groups in total. The average Bonchev–Trinajstić information content (AvgIpc) is 2.68. The molecule has 0 unspecified atom stereocenters. The van der Waals surface area contributed by atoms with Crippen molar-refractivity contribution in [2.24, 2.45) is 5.92 Å². The maximum Gasteiger partial charge on any atom is 0.127 e. The lowest BCUT2D eigenvalue weighted by Crippen LogP contribution is -2.13. The topological polar surface area (TPSA) is 23.8 Å². The van der Waals surface area contributed by atoms with Crippen molar-refractivity contribution in [1.82, 2.24) is 0 Å². The van der Waals surface area contributed by atoms with Crippen molar-refractivity contribution in [3.63, 3.8) is 0 Å². The molecule has 0 heterocycles. The maximum absolute atomic E-state index is 14.0. The van der Waals surface area contributed by atoms with Gasteiger partial charge in [0.15, 0.2) is 0 Å². The molecule has 1 saturated carbocycles. The van der Waals surface area contributed by atoms with E-state index in [4.69, 9.17) is 5.26 Å². The minimum Gasteiger partial charge on any atom is -0.207 e. The predicted octanol–water partition coefficient (Wildman–Crippen LogP) is 6.56. The molecule has 2 aromatic rings. The molecule has 0 aromatic heterocycles. The zero-order chi connectivity index (χ0) is 18.4. The molecule has 0 spiro atoms. The molecular weight excluding hydrogens is 321 g/mol. The summed E-state index contributed by atoms with van der Waals surface area (Å²) in [7, 11) is 0. The van der Waals surface area contributed by atoms with E-state index in [0.717, 1.165) is 12.3 Å². The van der Waals surface area contributed by atoms with E-state index >= 15 is 0 Å². The third-order valence-corrected chi connectivity index (χ3v) is 5.86. The van der Waals surface area contributed by atoms with Crippen LogP contribution in [0.1, 0.15) is 73.6 Å². The number of nitrogens with zero attached hydrogens (tertiary/aromatic N) is 1. The Hall–Kier alpha value is -2.14. The highest BCUT2D eigenvalue weighted by Gasteiger charge is 2.21. The summed E-state index contributed by atoms with van der Waals surface area (Å²) in [6.07, 6.45) is 9.57. The van der Waals surface area contributed by atoms with Crippen LogP contribution >= 0.6 is 0 Å².